The number of likely N-dealkylation sites (tertiary alicyclic amines) is 1. The number of hydrogen-bond acceptors (Lipinski definition) is 3. The lowest BCUT2D eigenvalue weighted by Gasteiger charge is -2.37. The lowest BCUT2D eigenvalue weighted by molar-refractivity contribution is 0.0638. The summed E-state index contributed by atoms with van der Waals surface area (Å²) in [5.74, 6) is 0.468. The Balaban J connectivity index is 1.85. The Morgan fingerprint density at radius 3 is 2.52 bits per heavy atom. The van der Waals surface area contributed by atoms with Crippen LogP contribution in [0.25, 0.3) is 0 Å². The summed E-state index contributed by atoms with van der Waals surface area (Å²) in [7, 11) is 0. The first-order valence-electron chi connectivity index (χ1n) is 7.84. The molecule has 0 aromatic heterocycles. The van der Waals surface area contributed by atoms with E-state index in [2.05, 4.69) is 18.7 Å². The number of ether oxygens (including phenoxy) is 1. The van der Waals surface area contributed by atoms with Crippen LogP contribution in [0, 0.1) is 17.7 Å². The molecule has 4 heteroatoms. The van der Waals surface area contributed by atoms with Crippen molar-refractivity contribution >= 4 is 0 Å². The summed E-state index contributed by atoms with van der Waals surface area (Å²) in [5, 5.41) is 9.61. The van der Waals surface area contributed by atoms with Gasteiger partial charge < -0.3 is 14.7 Å². The first-order chi connectivity index (χ1) is 10.1. The molecule has 0 radical (unpaired) electrons. The van der Waals surface area contributed by atoms with Gasteiger partial charge in [0, 0.05) is 18.6 Å². The van der Waals surface area contributed by atoms with Gasteiger partial charge in [-0.05, 0) is 57.8 Å². The number of rotatable bonds is 6. The van der Waals surface area contributed by atoms with Crippen LogP contribution in [0.3, 0.4) is 0 Å². The number of nitrogens with zero attached hydrogens (tertiary/aromatic N) is 1. The van der Waals surface area contributed by atoms with E-state index in [-0.39, 0.29) is 24.1 Å². The highest BCUT2D eigenvalue weighted by Gasteiger charge is 2.27. The van der Waals surface area contributed by atoms with Crippen molar-refractivity contribution in [3.05, 3.63) is 30.1 Å². The fourth-order valence-corrected chi connectivity index (χ4v) is 3.00. The van der Waals surface area contributed by atoms with Gasteiger partial charge in [-0.25, -0.2) is 4.39 Å². The van der Waals surface area contributed by atoms with E-state index >= 15 is 0 Å². The molecule has 1 saturated heterocycles. The SMILES string of the molecule is CC(C)N1CCC(C(CO)COc2ccccc2F)CC1. The molecule has 21 heavy (non-hydrogen) atoms. The zero-order valence-corrected chi connectivity index (χ0v) is 13.0. The number of halogens is 1. The standard InChI is InChI=1S/C17H26FNO2/c1-13(2)19-9-7-14(8-10-19)15(11-20)12-21-17-6-4-3-5-16(17)18/h3-6,13-15,20H,7-12H2,1-2H3. The summed E-state index contributed by atoms with van der Waals surface area (Å²) in [4.78, 5) is 2.46. The summed E-state index contributed by atoms with van der Waals surface area (Å²) >= 11 is 0. The monoisotopic (exact) mass is 295 g/mol. The number of piperidine rings is 1. The predicted molar refractivity (Wildman–Crippen MR) is 81.9 cm³/mol. The van der Waals surface area contributed by atoms with Gasteiger partial charge in [0.25, 0.3) is 0 Å². The maximum atomic E-state index is 13.5. The third-order valence-corrected chi connectivity index (χ3v) is 4.50. The summed E-state index contributed by atoms with van der Waals surface area (Å²) < 4.78 is 19.1. The number of hydrogen-bond donors (Lipinski definition) is 1. The lowest BCUT2D eigenvalue weighted by atomic mass is 9.85. The molecule has 0 aliphatic carbocycles. The molecule has 1 N–H and O–H groups in total. The van der Waals surface area contributed by atoms with Gasteiger partial charge in [-0.15, -0.1) is 0 Å². The molecular formula is C17H26FNO2. The van der Waals surface area contributed by atoms with E-state index < -0.39 is 0 Å². The van der Waals surface area contributed by atoms with Crippen molar-refractivity contribution in [1.29, 1.82) is 0 Å². The van der Waals surface area contributed by atoms with Crippen molar-refractivity contribution in [2.24, 2.45) is 11.8 Å². The molecule has 0 amide bonds. The Labute approximate surface area is 126 Å². The van der Waals surface area contributed by atoms with E-state index in [0.717, 1.165) is 25.9 Å². The number of aliphatic hydroxyl groups is 1. The van der Waals surface area contributed by atoms with E-state index in [9.17, 15) is 9.50 Å². The van der Waals surface area contributed by atoms with Crippen LogP contribution >= 0.6 is 0 Å². The second kappa shape index (κ2) is 7.76. The largest absolute Gasteiger partial charge is 0.490 e. The van der Waals surface area contributed by atoms with Gasteiger partial charge in [-0.1, -0.05) is 12.1 Å². The Morgan fingerprint density at radius 2 is 1.95 bits per heavy atom. The number of aliphatic hydroxyl groups excluding tert-OH is 1. The first-order valence-corrected chi connectivity index (χ1v) is 7.84. The topological polar surface area (TPSA) is 32.7 Å². The fraction of sp³-hybridized carbons (Fsp3) is 0.647. The third-order valence-electron chi connectivity index (χ3n) is 4.50. The molecule has 1 fully saturated rings. The normalized spacial score (nSPS) is 18.9. The number of para-hydroxylation sites is 1. The Bertz CT molecular complexity index is 431. The Morgan fingerprint density at radius 1 is 1.29 bits per heavy atom. The summed E-state index contributed by atoms with van der Waals surface area (Å²) in [6.45, 7) is 7.04. The van der Waals surface area contributed by atoms with E-state index in [4.69, 9.17) is 4.74 Å². The highest BCUT2D eigenvalue weighted by Crippen LogP contribution is 2.27. The molecular weight excluding hydrogens is 269 g/mol. The van der Waals surface area contributed by atoms with Crippen LogP contribution in [0.1, 0.15) is 26.7 Å². The van der Waals surface area contributed by atoms with E-state index in [1.54, 1.807) is 18.2 Å². The van der Waals surface area contributed by atoms with Crippen molar-refractivity contribution in [3.8, 4) is 5.75 Å². The number of benzene rings is 1. The van der Waals surface area contributed by atoms with Gasteiger partial charge in [-0.3, -0.25) is 0 Å². The minimum absolute atomic E-state index is 0.0823. The maximum absolute atomic E-state index is 13.5. The van der Waals surface area contributed by atoms with Crippen molar-refractivity contribution in [2.45, 2.75) is 32.7 Å². The van der Waals surface area contributed by atoms with Gasteiger partial charge in [-0.2, -0.15) is 0 Å². The van der Waals surface area contributed by atoms with Crippen molar-refractivity contribution < 1.29 is 14.2 Å². The second-order valence-electron chi connectivity index (χ2n) is 6.15. The molecule has 1 unspecified atom stereocenters. The molecule has 0 bridgehead atoms. The quantitative estimate of drug-likeness (QED) is 0.876. The first kappa shape index (κ1) is 16.2. The van der Waals surface area contributed by atoms with Gasteiger partial charge in [0.1, 0.15) is 0 Å². The molecule has 0 spiro atoms. The molecule has 1 aliphatic rings. The molecule has 2 rings (SSSR count). The van der Waals surface area contributed by atoms with Crippen molar-refractivity contribution in [2.75, 3.05) is 26.3 Å². The zero-order chi connectivity index (χ0) is 15.2. The van der Waals surface area contributed by atoms with Gasteiger partial charge in [0.05, 0.1) is 6.61 Å². The van der Waals surface area contributed by atoms with E-state index in [1.807, 2.05) is 0 Å². The average molecular weight is 295 g/mol. The lowest BCUT2D eigenvalue weighted by Crippen LogP contribution is -2.41. The van der Waals surface area contributed by atoms with Crippen LogP contribution in [0.4, 0.5) is 4.39 Å². The van der Waals surface area contributed by atoms with Gasteiger partial charge >= 0.3 is 0 Å². The molecule has 1 aliphatic heterocycles. The van der Waals surface area contributed by atoms with E-state index in [0.29, 0.717) is 18.6 Å². The van der Waals surface area contributed by atoms with Gasteiger partial charge in [0.15, 0.2) is 11.6 Å². The van der Waals surface area contributed by atoms with Crippen molar-refractivity contribution in [3.63, 3.8) is 0 Å². The molecule has 118 valence electrons. The smallest absolute Gasteiger partial charge is 0.165 e. The van der Waals surface area contributed by atoms with Gasteiger partial charge in [0.2, 0.25) is 0 Å². The van der Waals surface area contributed by atoms with Crippen LogP contribution in [0.15, 0.2) is 24.3 Å². The molecule has 1 atom stereocenters. The molecule has 3 nitrogen and oxygen atoms in total. The average Bonchev–Trinajstić information content (AvgIpc) is 2.50. The Kier molecular flexibility index (Phi) is 6.00. The molecule has 1 aromatic carbocycles. The molecule has 1 heterocycles. The minimum atomic E-state index is -0.344. The minimum Gasteiger partial charge on any atom is -0.490 e. The Hall–Kier alpha value is -1.13. The molecule has 0 saturated carbocycles. The van der Waals surface area contributed by atoms with E-state index in [1.165, 1.54) is 6.07 Å². The summed E-state index contributed by atoms with van der Waals surface area (Å²) in [6, 6.07) is 7.00. The summed E-state index contributed by atoms with van der Waals surface area (Å²) in [5.41, 5.74) is 0. The highest BCUT2D eigenvalue weighted by molar-refractivity contribution is 5.23. The summed E-state index contributed by atoms with van der Waals surface area (Å²) in [6.07, 6.45) is 2.15. The highest BCUT2D eigenvalue weighted by atomic mass is 19.1. The predicted octanol–water partition coefficient (Wildman–Crippen LogP) is 2.93. The van der Waals surface area contributed by atoms with Crippen LogP contribution in [-0.4, -0.2) is 42.4 Å². The van der Waals surface area contributed by atoms with Crippen LogP contribution in [0.5, 0.6) is 5.75 Å². The fourth-order valence-electron chi connectivity index (χ4n) is 3.00. The van der Waals surface area contributed by atoms with Crippen LogP contribution < -0.4 is 4.74 Å². The maximum Gasteiger partial charge on any atom is 0.165 e. The molecule has 1 aromatic rings. The van der Waals surface area contributed by atoms with Crippen molar-refractivity contribution in [1.82, 2.24) is 4.90 Å². The second-order valence-corrected chi connectivity index (χ2v) is 6.15. The van der Waals surface area contributed by atoms with Crippen LogP contribution in [-0.2, 0) is 0 Å². The third kappa shape index (κ3) is 4.42. The van der Waals surface area contributed by atoms with Crippen LogP contribution in [0.2, 0.25) is 0 Å². The zero-order valence-electron chi connectivity index (χ0n) is 13.0.